The Morgan fingerprint density at radius 2 is 1.39 bits per heavy atom. The van der Waals surface area contributed by atoms with Gasteiger partial charge in [0.2, 0.25) is 0 Å². The van der Waals surface area contributed by atoms with E-state index in [1.807, 2.05) is 52.4 Å². The molecule has 0 aromatic rings. The lowest BCUT2D eigenvalue weighted by atomic mass is 10.2. The van der Waals surface area contributed by atoms with Crippen molar-refractivity contribution in [2.24, 2.45) is 0 Å². The highest BCUT2D eigenvalue weighted by Gasteiger charge is 2.53. The lowest BCUT2D eigenvalue weighted by Crippen LogP contribution is -2.52. The first-order chi connectivity index (χ1) is 12.3. The van der Waals surface area contributed by atoms with Crippen molar-refractivity contribution in [1.29, 1.82) is 0 Å². The lowest BCUT2D eigenvalue weighted by molar-refractivity contribution is -0.145. The fourth-order valence-electron chi connectivity index (χ4n) is 4.16. The number of ether oxygens (including phenoxy) is 2. The third kappa shape index (κ3) is 8.48. The van der Waals surface area contributed by atoms with Crippen LogP contribution in [0.5, 0.6) is 0 Å². The van der Waals surface area contributed by atoms with Crippen LogP contribution in [-0.2, 0) is 14.3 Å². The van der Waals surface area contributed by atoms with Crippen molar-refractivity contribution >= 4 is 39.2 Å². The molecule has 1 aliphatic rings. The number of hydrogen-bond donors (Lipinski definition) is 4. The van der Waals surface area contributed by atoms with Gasteiger partial charge in [-0.05, 0) is 81.5 Å². The predicted molar refractivity (Wildman–Crippen MR) is 120 cm³/mol. The molecule has 1 aliphatic heterocycles. The molecule has 4 unspecified atom stereocenters. The van der Waals surface area contributed by atoms with Crippen molar-refractivity contribution in [3.05, 3.63) is 0 Å². The molecule has 1 rings (SSSR count). The summed E-state index contributed by atoms with van der Waals surface area (Å²) in [5.41, 5.74) is -0.745. The first kappa shape index (κ1) is 26.2. The fourth-order valence-corrected chi connectivity index (χ4v) is 19.6. The number of carbonyl (C=O) groups is 1. The van der Waals surface area contributed by atoms with Gasteiger partial charge in [0.1, 0.15) is 0 Å². The highest BCUT2D eigenvalue weighted by molar-refractivity contribution is 6.82. The van der Waals surface area contributed by atoms with Gasteiger partial charge in [-0.1, -0.05) is 0 Å². The van der Waals surface area contributed by atoms with Gasteiger partial charge in [-0.15, -0.1) is 0 Å². The molecule has 0 aliphatic carbocycles. The smallest absolute Gasteiger partial charge is 0.337 e. The zero-order chi connectivity index (χ0) is 22.1. The van der Waals surface area contributed by atoms with Gasteiger partial charge in [0, 0.05) is 0 Å². The maximum absolute atomic E-state index is 11.8. The molecule has 0 aromatic carbocycles. The van der Waals surface area contributed by atoms with Gasteiger partial charge in [-0.25, -0.2) is 4.79 Å². The van der Waals surface area contributed by atoms with Crippen LogP contribution in [0.1, 0.15) is 6.42 Å². The van der Waals surface area contributed by atoms with Crippen LogP contribution in [0.3, 0.4) is 0 Å². The van der Waals surface area contributed by atoms with Crippen molar-refractivity contribution in [2.75, 3.05) is 13.2 Å². The molecule has 0 amide bonds. The fraction of sp³-hybridized carbons (Fsp3) is 0.941. The average molecular weight is 469 g/mol. The maximum Gasteiger partial charge on any atom is 0.337 e. The van der Waals surface area contributed by atoms with E-state index in [0.29, 0.717) is 19.1 Å². The van der Waals surface area contributed by atoms with Crippen LogP contribution in [0.4, 0.5) is 0 Å². The largest absolute Gasteiger partial charge is 0.464 e. The van der Waals surface area contributed by atoms with Gasteiger partial charge >= 0.3 is 5.97 Å². The summed E-state index contributed by atoms with van der Waals surface area (Å²) in [5.74, 6) is -0.384. The SMILES string of the molecule is C[Si](C)(O)CC(C(C(CCOC(=O)C1CO1)[Si](C)(C)O)[Si](C)(C)O)[Si](C)(C)O. The van der Waals surface area contributed by atoms with E-state index in [9.17, 15) is 24.0 Å². The monoisotopic (exact) mass is 468 g/mol. The van der Waals surface area contributed by atoms with E-state index >= 15 is 0 Å². The second-order valence-corrected chi connectivity index (χ2v) is 26.6. The molecule has 0 aromatic heterocycles. The first-order valence-electron chi connectivity index (χ1n) is 10.0. The molecular formula is C17H40O7Si4. The minimum atomic E-state index is -2.82. The van der Waals surface area contributed by atoms with Crippen LogP contribution in [0.25, 0.3) is 0 Å². The van der Waals surface area contributed by atoms with E-state index in [2.05, 4.69) is 0 Å². The highest BCUT2D eigenvalue weighted by Crippen LogP contribution is 2.54. The number of rotatable bonds is 11. The molecule has 0 radical (unpaired) electrons. The van der Waals surface area contributed by atoms with Crippen LogP contribution < -0.4 is 0 Å². The van der Waals surface area contributed by atoms with Crippen molar-refractivity contribution in [2.45, 2.75) is 87.6 Å². The van der Waals surface area contributed by atoms with Crippen LogP contribution in [0, 0.1) is 0 Å². The lowest BCUT2D eigenvalue weighted by Gasteiger charge is -2.47. The normalized spacial score (nSPS) is 21.8. The minimum absolute atomic E-state index is 0.154. The molecule has 1 saturated heterocycles. The topological polar surface area (TPSA) is 120 Å². The summed E-state index contributed by atoms with van der Waals surface area (Å²) in [6.45, 7) is 15.3. The summed E-state index contributed by atoms with van der Waals surface area (Å²) in [6, 6.07) is 0.487. The minimum Gasteiger partial charge on any atom is -0.464 e. The molecular weight excluding hydrogens is 429 g/mol. The summed E-state index contributed by atoms with van der Waals surface area (Å²) in [5, 5.41) is 0. The summed E-state index contributed by atoms with van der Waals surface area (Å²) in [6.07, 6.45) is -0.0282. The van der Waals surface area contributed by atoms with Crippen LogP contribution >= 0.6 is 0 Å². The van der Waals surface area contributed by atoms with E-state index in [1.54, 1.807) is 0 Å². The van der Waals surface area contributed by atoms with Gasteiger partial charge < -0.3 is 28.7 Å². The molecule has 0 bridgehead atoms. The number of carbonyl (C=O) groups excluding carboxylic acids is 1. The number of hydrogen-bond acceptors (Lipinski definition) is 7. The molecule has 0 saturated carbocycles. The van der Waals surface area contributed by atoms with Crippen molar-refractivity contribution in [1.82, 2.24) is 0 Å². The summed E-state index contributed by atoms with van der Waals surface area (Å²) in [4.78, 5) is 55.8. The number of epoxide rings is 1. The van der Waals surface area contributed by atoms with Crippen molar-refractivity contribution in [3.63, 3.8) is 0 Å². The van der Waals surface area contributed by atoms with E-state index in [0.717, 1.165) is 0 Å². The molecule has 0 spiro atoms. The van der Waals surface area contributed by atoms with Gasteiger partial charge in [-0.2, -0.15) is 0 Å². The predicted octanol–water partition coefficient (Wildman–Crippen LogP) is 2.22. The molecule has 1 heterocycles. The average Bonchev–Trinajstić information content (AvgIpc) is 3.24. The summed E-state index contributed by atoms with van der Waals surface area (Å²) >= 11 is 0. The Morgan fingerprint density at radius 3 is 1.71 bits per heavy atom. The summed E-state index contributed by atoms with van der Waals surface area (Å²) < 4.78 is 10.2. The Morgan fingerprint density at radius 1 is 0.929 bits per heavy atom. The second kappa shape index (κ2) is 9.10. The summed E-state index contributed by atoms with van der Waals surface area (Å²) in [7, 11) is -10.8. The van der Waals surface area contributed by atoms with Crippen molar-refractivity contribution in [3.8, 4) is 0 Å². The Labute approximate surface area is 173 Å². The zero-order valence-electron chi connectivity index (χ0n) is 18.7. The van der Waals surface area contributed by atoms with Crippen LogP contribution in [-0.4, -0.2) is 77.7 Å². The first-order valence-corrected chi connectivity index (χ1v) is 22.2. The van der Waals surface area contributed by atoms with E-state index in [-0.39, 0.29) is 29.2 Å². The molecule has 4 N–H and O–H groups in total. The molecule has 166 valence electrons. The molecule has 4 atom stereocenters. The van der Waals surface area contributed by atoms with E-state index in [4.69, 9.17) is 9.47 Å². The van der Waals surface area contributed by atoms with Gasteiger partial charge in [0.25, 0.3) is 0 Å². The maximum atomic E-state index is 11.8. The molecule has 1 fully saturated rings. The van der Waals surface area contributed by atoms with E-state index < -0.39 is 39.4 Å². The van der Waals surface area contributed by atoms with Gasteiger partial charge in [0.15, 0.2) is 39.4 Å². The van der Waals surface area contributed by atoms with Crippen molar-refractivity contribution < 1.29 is 33.5 Å². The Bertz CT molecular complexity index is 528. The molecule has 28 heavy (non-hydrogen) atoms. The quantitative estimate of drug-likeness (QED) is 0.208. The van der Waals surface area contributed by atoms with Crippen LogP contribution in [0.15, 0.2) is 0 Å². The Kier molecular flexibility index (Phi) is 8.51. The van der Waals surface area contributed by atoms with Gasteiger partial charge in [-0.3, -0.25) is 0 Å². The van der Waals surface area contributed by atoms with E-state index in [1.165, 1.54) is 0 Å². The third-order valence-corrected chi connectivity index (χ3v) is 15.3. The molecule has 7 nitrogen and oxygen atoms in total. The highest BCUT2D eigenvalue weighted by atomic mass is 28.4. The standard InChI is InChI=1S/C17H40O7Si4/c1-25(2,19)12-15(27(5,6)21)16(28(7,8)22)14(26(3,4)20)9-10-23-17(18)13-11-24-13/h13-16,19-22H,9-12H2,1-8H3. The van der Waals surface area contributed by atoms with Crippen LogP contribution in [0.2, 0.25) is 75.0 Å². The third-order valence-electron chi connectivity index (χ3n) is 5.49. The molecule has 11 heteroatoms. The Balaban J connectivity index is 3.18. The van der Waals surface area contributed by atoms with Gasteiger partial charge in [0.05, 0.1) is 13.2 Å². The number of esters is 1. The zero-order valence-corrected chi connectivity index (χ0v) is 22.7. The Hall–Kier alpha value is 0.138. The second-order valence-electron chi connectivity index (χ2n) is 10.5.